The lowest BCUT2D eigenvalue weighted by atomic mass is 9.89. The molecule has 4 rings (SSSR count). The summed E-state index contributed by atoms with van der Waals surface area (Å²) < 4.78 is 25.5. The lowest BCUT2D eigenvalue weighted by Crippen LogP contribution is -2.41. The largest absolute Gasteiger partial charge is 0.493 e. The van der Waals surface area contributed by atoms with Gasteiger partial charge in [0.2, 0.25) is 5.69 Å². The summed E-state index contributed by atoms with van der Waals surface area (Å²) in [7, 11) is 5.06. The van der Waals surface area contributed by atoms with Crippen LogP contribution in [0.4, 0.5) is 0 Å². The Balaban J connectivity index is 1.89. The number of unbranched alkanes of at least 4 members (excludes halogenated alkanes) is 1. The van der Waals surface area contributed by atoms with Crippen LogP contribution in [0.1, 0.15) is 30.4 Å². The van der Waals surface area contributed by atoms with Crippen LogP contribution >= 0.6 is 0 Å². The molecule has 34 heavy (non-hydrogen) atoms. The first kappa shape index (κ1) is 23.9. The van der Waals surface area contributed by atoms with Crippen LogP contribution in [0, 0.1) is 0 Å². The number of fused-ring (bicyclic) bond motifs is 4. The van der Waals surface area contributed by atoms with Gasteiger partial charge in [0.1, 0.15) is 0 Å². The van der Waals surface area contributed by atoms with Crippen molar-refractivity contribution in [3.63, 3.8) is 0 Å². The monoisotopic (exact) mass is 463 g/mol. The molecule has 0 fully saturated rings. The van der Waals surface area contributed by atoms with Crippen LogP contribution in [-0.4, -0.2) is 34.5 Å². The van der Waals surface area contributed by atoms with Crippen molar-refractivity contribution in [3.05, 3.63) is 54.2 Å². The Bertz CT molecular complexity index is 1190. The van der Waals surface area contributed by atoms with Gasteiger partial charge in [0.05, 0.1) is 38.9 Å². The van der Waals surface area contributed by atoms with Crippen LogP contribution in [-0.2, 0) is 19.4 Å². The summed E-state index contributed by atoms with van der Waals surface area (Å²) in [6.07, 6.45) is 8.66. The molecule has 2 heterocycles. The second-order valence-corrected chi connectivity index (χ2v) is 8.49. The Hall–Kier alpha value is -3.25. The van der Waals surface area contributed by atoms with Crippen molar-refractivity contribution in [1.82, 2.24) is 0 Å². The van der Waals surface area contributed by atoms with E-state index >= 15 is 0 Å². The van der Waals surface area contributed by atoms with E-state index in [1.807, 2.05) is 12.1 Å². The van der Waals surface area contributed by atoms with E-state index in [9.17, 15) is 0 Å². The minimum Gasteiger partial charge on any atom is -0.493 e. The zero-order chi connectivity index (χ0) is 24.1. The minimum atomic E-state index is 0.636. The van der Waals surface area contributed by atoms with Crippen molar-refractivity contribution in [3.8, 4) is 34.3 Å². The number of rotatable bonds is 11. The maximum atomic E-state index is 6.08. The molecule has 0 spiro atoms. The first-order valence-corrected chi connectivity index (χ1v) is 11.9. The van der Waals surface area contributed by atoms with Gasteiger partial charge in [-0.25, -0.2) is 0 Å². The smallest absolute Gasteiger partial charge is 0.216 e. The van der Waals surface area contributed by atoms with Gasteiger partial charge in [0, 0.05) is 17.4 Å². The Labute approximate surface area is 201 Å². The van der Waals surface area contributed by atoms with E-state index in [-0.39, 0.29) is 0 Å². The standard InChI is InChI=1S/C28H35N2O4/c1-5-6-7-15-34-26-16-19-12-14-30-18-23-20(10-11-24(31-2)28(23)33-4)21(9-8-13-29)27(30)22(19)17-25(26)32-3/h5,10-11,16-18H,1,6-9,12-15,29H2,2-4H3/q+1. The van der Waals surface area contributed by atoms with Crippen molar-refractivity contribution in [1.29, 1.82) is 0 Å². The van der Waals surface area contributed by atoms with E-state index in [4.69, 9.17) is 24.7 Å². The fraction of sp³-hybridized carbons (Fsp3) is 0.393. The number of pyridine rings is 1. The molecule has 0 unspecified atom stereocenters. The normalized spacial score (nSPS) is 12.1. The van der Waals surface area contributed by atoms with Gasteiger partial charge in [0.25, 0.3) is 0 Å². The van der Waals surface area contributed by atoms with E-state index in [1.54, 1.807) is 21.3 Å². The number of aryl methyl sites for hydroxylation is 3. The third-order valence-electron chi connectivity index (χ3n) is 6.47. The number of hydrogen-bond acceptors (Lipinski definition) is 5. The predicted octanol–water partition coefficient (Wildman–Crippen LogP) is 4.61. The zero-order valence-corrected chi connectivity index (χ0v) is 20.5. The van der Waals surface area contributed by atoms with E-state index < -0.39 is 0 Å². The fourth-order valence-electron chi connectivity index (χ4n) is 4.84. The van der Waals surface area contributed by atoms with Gasteiger partial charge >= 0.3 is 0 Å². The third kappa shape index (κ3) is 4.42. The van der Waals surface area contributed by atoms with Crippen LogP contribution < -0.4 is 29.2 Å². The quantitative estimate of drug-likeness (QED) is 0.256. The average molecular weight is 464 g/mol. The summed E-state index contributed by atoms with van der Waals surface area (Å²) >= 11 is 0. The van der Waals surface area contributed by atoms with Crippen LogP contribution in [0.2, 0.25) is 0 Å². The van der Waals surface area contributed by atoms with E-state index in [2.05, 4.69) is 35.5 Å². The van der Waals surface area contributed by atoms with Crippen LogP contribution in [0.5, 0.6) is 23.0 Å². The molecule has 1 aromatic heterocycles. The van der Waals surface area contributed by atoms with Gasteiger partial charge in [-0.15, -0.1) is 6.58 Å². The summed E-state index contributed by atoms with van der Waals surface area (Å²) in [6.45, 7) is 5.93. The molecule has 3 aromatic rings. The highest BCUT2D eigenvalue weighted by Crippen LogP contribution is 2.42. The molecule has 180 valence electrons. The van der Waals surface area contributed by atoms with Gasteiger partial charge in [-0.05, 0) is 62.1 Å². The van der Waals surface area contributed by atoms with Crippen molar-refractivity contribution in [2.75, 3.05) is 34.5 Å². The molecule has 0 atom stereocenters. The van der Waals surface area contributed by atoms with Crippen molar-refractivity contribution < 1.29 is 23.5 Å². The Kier molecular flexibility index (Phi) is 7.58. The molecule has 1 aliphatic heterocycles. The number of nitrogens with two attached hydrogens (primary N) is 1. The first-order valence-electron chi connectivity index (χ1n) is 11.9. The molecule has 0 radical (unpaired) electrons. The number of benzene rings is 2. The average Bonchev–Trinajstić information content (AvgIpc) is 2.87. The van der Waals surface area contributed by atoms with Crippen LogP contribution in [0.15, 0.2) is 43.1 Å². The van der Waals surface area contributed by atoms with E-state index in [0.29, 0.717) is 13.2 Å². The fourth-order valence-corrected chi connectivity index (χ4v) is 4.84. The first-order chi connectivity index (χ1) is 16.7. The number of ether oxygens (including phenoxy) is 4. The summed E-state index contributed by atoms with van der Waals surface area (Å²) in [5.74, 6) is 3.05. The van der Waals surface area contributed by atoms with Crippen molar-refractivity contribution >= 4 is 10.8 Å². The molecule has 2 N–H and O–H groups in total. The predicted molar refractivity (Wildman–Crippen MR) is 135 cm³/mol. The van der Waals surface area contributed by atoms with E-state index in [1.165, 1.54) is 22.4 Å². The minimum absolute atomic E-state index is 0.636. The number of aromatic nitrogens is 1. The number of hydrogen-bond donors (Lipinski definition) is 1. The van der Waals surface area contributed by atoms with Gasteiger partial charge in [-0.3, -0.25) is 0 Å². The lowest BCUT2D eigenvalue weighted by molar-refractivity contribution is -0.686. The SMILES string of the molecule is C=CCCCOc1cc2c(cc1OC)-c1c(CCCN)c3ccc(OC)c(OC)c3c[n+]1CC2. The van der Waals surface area contributed by atoms with Crippen molar-refractivity contribution in [2.45, 2.75) is 38.6 Å². The number of allylic oxidation sites excluding steroid dienone is 1. The highest BCUT2D eigenvalue weighted by molar-refractivity contribution is 5.95. The number of nitrogens with zero attached hydrogens (tertiary/aromatic N) is 1. The zero-order valence-electron chi connectivity index (χ0n) is 20.5. The molecule has 2 aromatic carbocycles. The molecular formula is C28H35N2O4+. The summed E-state index contributed by atoms with van der Waals surface area (Å²) in [5.41, 5.74) is 10.9. The summed E-state index contributed by atoms with van der Waals surface area (Å²) in [6, 6.07) is 8.39. The molecule has 6 nitrogen and oxygen atoms in total. The number of methoxy groups -OCH3 is 3. The molecule has 0 saturated heterocycles. The molecule has 6 heteroatoms. The summed E-state index contributed by atoms with van der Waals surface area (Å²) in [4.78, 5) is 0. The van der Waals surface area contributed by atoms with Gasteiger partial charge in [-0.2, -0.15) is 4.57 Å². The molecule has 0 aliphatic carbocycles. The Morgan fingerprint density at radius 3 is 2.53 bits per heavy atom. The molecule has 0 saturated carbocycles. The highest BCUT2D eigenvalue weighted by Gasteiger charge is 2.31. The second kappa shape index (κ2) is 10.8. The Morgan fingerprint density at radius 2 is 1.82 bits per heavy atom. The van der Waals surface area contributed by atoms with Gasteiger partial charge < -0.3 is 24.7 Å². The third-order valence-corrected chi connectivity index (χ3v) is 6.47. The molecule has 0 amide bonds. The summed E-state index contributed by atoms with van der Waals surface area (Å²) in [5, 5.41) is 2.21. The molecule has 0 bridgehead atoms. The molecular weight excluding hydrogens is 428 g/mol. The van der Waals surface area contributed by atoms with E-state index in [0.717, 1.165) is 72.4 Å². The maximum Gasteiger partial charge on any atom is 0.216 e. The van der Waals surface area contributed by atoms with Crippen molar-refractivity contribution in [2.24, 2.45) is 5.73 Å². The molecule has 1 aliphatic rings. The van der Waals surface area contributed by atoms with Crippen LogP contribution in [0.3, 0.4) is 0 Å². The van der Waals surface area contributed by atoms with Gasteiger partial charge in [-0.1, -0.05) is 6.08 Å². The van der Waals surface area contributed by atoms with Gasteiger partial charge in [0.15, 0.2) is 35.7 Å². The Morgan fingerprint density at radius 1 is 1.00 bits per heavy atom. The van der Waals surface area contributed by atoms with Crippen LogP contribution in [0.25, 0.3) is 22.0 Å². The maximum absolute atomic E-state index is 6.08. The second-order valence-electron chi connectivity index (χ2n) is 8.49. The lowest BCUT2D eigenvalue weighted by Gasteiger charge is -2.22. The topological polar surface area (TPSA) is 66.8 Å². The highest BCUT2D eigenvalue weighted by atomic mass is 16.5.